The van der Waals surface area contributed by atoms with Gasteiger partial charge in [-0.1, -0.05) is 23.7 Å². The quantitative estimate of drug-likeness (QED) is 0.843. The van der Waals surface area contributed by atoms with Gasteiger partial charge in [0.05, 0.1) is 11.6 Å². The van der Waals surface area contributed by atoms with Crippen LogP contribution in [0.25, 0.3) is 0 Å². The fourth-order valence-electron chi connectivity index (χ4n) is 2.44. The van der Waals surface area contributed by atoms with Crippen LogP contribution in [0.5, 0.6) is 0 Å². The van der Waals surface area contributed by atoms with Gasteiger partial charge < -0.3 is 4.74 Å². The molecule has 1 heterocycles. The van der Waals surface area contributed by atoms with Gasteiger partial charge in [-0.25, -0.2) is 8.42 Å². The first-order valence-electron chi connectivity index (χ1n) is 6.90. The highest BCUT2D eigenvalue weighted by Gasteiger charge is 2.40. The molecule has 1 aliphatic heterocycles. The molecule has 1 saturated heterocycles. The Morgan fingerprint density at radius 3 is 2.67 bits per heavy atom. The Bertz CT molecular complexity index is 657. The van der Waals surface area contributed by atoms with Gasteiger partial charge in [-0.05, 0) is 25.0 Å². The van der Waals surface area contributed by atoms with Crippen molar-refractivity contribution in [1.82, 2.24) is 4.31 Å². The van der Waals surface area contributed by atoms with Crippen molar-refractivity contribution in [2.24, 2.45) is 5.92 Å². The standard InChI is InChI=1S/C14H16ClNO4S/c15-11-3-1-2-4-13(11)21(18,19)16-7-8-20-12(9-16)14(17)10-5-6-10/h1-4,10,12H,5-9H2. The lowest BCUT2D eigenvalue weighted by Gasteiger charge is -2.31. The maximum Gasteiger partial charge on any atom is 0.244 e. The number of Topliss-reactive ketones (excluding diaryl/α,β-unsaturated/α-hetero) is 1. The zero-order valence-electron chi connectivity index (χ0n) is 11.4. The van der Waals surface area contributed by atoms with Gasteiger partial charge in [-0.15, -0.1) is 0 Å². The van der Waals surface area contributed by atoms with Crippen LogP contribution in [0.3, 0.4) is 0 Å². The Kier molecular flexibility index (Phi) is 4.05. The van der Waals surface area contributed by atoms with Gasteiger partial charge >= 0.3 is 0 Å². The van der Waals surface area contributed by atoms with Gasteiger partial charge in [-0.2, -0.15) is 4.31 Å². The highest BCUT2D eigenvalue weighted by atomic mass is 35.5. The zero-order chi connectivity index (χ0) is 15.0. The maximum absolute atomic E-state index is 12.6. The van der Waals surface area contributed by atoms with E-state index in [1.54, 1.807) is 18.2 Å². The highest BCUT2D eigenvalue weighted by molar-refractivity contribution is 7.89. The molecule has 0 aromatic heterocycles. The van der Waals surface area contributed by atoms with E-state index in [0.29, 0.717) is 0 Å². The third kappa shape index (κ3) is 2.99. The van der Waals surface area contributed by atoms with Crippen molar-refractivity contribution in [2.75, 3.05) is 19.7 Å². The van der Waals surface area contributed by atoms with Gasteiger partial charge in [0.2, 0.25) is 10.0 Å². The van der Waals surface area contributed by atoms with E-state index in [4.69, 9.17) is 16.3 Å². The van der Waals surface area contributed by atoms with Gasteiger partial charge in [0.15, 0.2) is 5.78 Å². The lowest BCUT2D eigenvalue weighted by Crippen LogP contribution is -2.48. The number of sulfonamides is 1. The number of rotatable bonds is 4. The number of benzene rings is 1. The normalized spacial score (nSPS) is 24.0. The summed E-state index contributed by atoms with van der Waals surface area (Å²) in [7, 11) is -3.70. The highest BCUT2D eigenvalue weighted by Crippen LogP contribution is 2.33. The summed E-state index contributed by atoms with van der Waals surface area (Å²) in [6, 6.07) is 6.33. The molecular formula is C14H16ClNO4S. The van der Waals surface area contributed by atoms with Crippen LogP contribution in [0, 0.1) is 5.92 Å². The van der Waals surface area contributed by atoms with Gasteiger partial charge in [0, 0.05) is 19.0 Å². The monoisotopic (exact) mass is 329 g/mol. The Hall–Kier alpha value is -0.950. The number of carbonyl (C=O) groups excluding carboxylic acids is 1. The number of hydrogen-bond donors (Lipinski definition) is 0. The molecule has 1 saturated carbocycles. The van der Waals surface area contributed by atoms with Crippen LogP contribution in [0.15, 0.2) is 29.2 Å². The molecule has 1 aliphatic carbocycles. The first-order chi connectivity index (χ1) is 10.00. The molecule has 2 aliphatic rings. The van der Waals surface area contributed by atoms with E-state index in [1.165, 1.54) is 10.4 Å². The van der Waals surface area contributed by atoms with E-state index in [-0.39, 0.29) is 41.3 Å². The molecule has 0 N–H and O–H groups in total. The SMILES string of the molecule is O=C(C1CC1)C1CN(S(=O)(=O)c2ccccc2Cl)CCO1. The van der Waals surface area contributed by atoms with Crippen molar-refractivity contribution in [3.63, 3.8) is 0 Å². The fourth-order valence-corrected chi connectivity index (χ4v) is 4.36. The predicted octanol–water partition coefficient (Wildman–Crippen LogP) is 1.71. The summed E-state index contributed by atoms with van der Waals surface area (Å²) in [5, 5.41) is 0.189. The third-order valence-corrected chi connectivity index (χ3v) is 6.15. The van der Waals surface area contributed by atoms with Crippen molar-refractivity contribution < 1.29 is 17.9 Å². The van der Waals surface area contributed by atoms with Crippen molar-refractivity contribution in [2.45, 2.75) is 23.8 Å². The van der Waals surface area contributed by atoms with Crippen LogP contribution in [-0.4, -0.2) is 44.3 Å². The average molecular weight is 330 g/mol. The summed E-state index contributed by atoms with van der Waals surface area (Å²) in [6.45, 7) is 0.539. The van der Waals surface area contributed by atoms with E-state index < -0.39 is 16.1 Å². The minimum Gasteiger partial charge on any atom is -0.368 e. The van der Waals surface area contributed by atoms with Crippen molar-refractivity contribution in [3.05, 3.63) is 29.3 Å². The summed E-state index contributed by atoms with van der Waals surface area (Å²) in [4.78, 5) is 12.1. The van der Waals surface area contributed by atoms with E-state index in [2.05, 4.69) is 0 Å². The molecule has 0 spiro atoms. The lowest BCUT2D eigenvalue weighted by atomic mass is 10.1. The van der Waals surface area contributed by atoms with Gasteiger partial charge in [0.25, 0.3) is 0 Å². The largest absolute Gasteiger partial charge is 0.368 e. The van der Waals surface area contributed by atoms with Gasteiger partial charge in [0.1, 0.15) is 11.0 Å². The van der Waals surface area contributed by atoms with E-state index >= 15 is 0 Å². The lowest BCUT2D eigenvalue weighted by molar-refractivity contribution is -0.135. The number of hydrogen-bond acceptors (Lipinski definition) is 4. The molecule has 1 aromatic carbocycles. The molecule has 0 amide bonds. The molecule has 21 heavy (non-hydrogen) atoms. The van der Waals surface area contributed by atoms with Crippen molar-refractivity contribution in [1.29, 1.82) is 0 Å². The Morgan fingerprint density at radius 1 is 1.29 bits per heavy atom. The molecule has 1 aromatic rings. The van der Waals surface area contributed by atoms with Crippen molar-refractivity contribution >= 4 is 27.4 Å². The van der Waals surface area contributed by atoms with Crippen LogP contribution in [-0.2, 0) is 19.6 Å². The number of carbonyl (C=O) groups is 1. The second kappa shape index (κ2) is 5.68. The smallest absolute Gasteiger partial charge is 0.244 e. The zero-order valence-corrected chi connectivity index (χ0v) is 12.9. The number of nitrogens with zero attached hydrogens (tertiary/aromatic N) is 1. The van der Waals surface area contributed by atoms with E-state index in [1.807, 2.05) is 0 Å². The van der Waals surface area contributed by atoms with Crippen LogP contribution in [0.1, 0.15) is 12.8 Å². The molecule has 7 heteroatoms. The summed E-state index contributed by atoms with van der Waals surface area (Å²) in [6.07, 6.45) is 1.12. The van der Waals surface area contributed by atoms with Gasteiger partial charge in [-0.3, -0.25) is 4.79 Å². The second-order valence-electron chi connectivity index (χ2n) is 5.33. The van der Waals surface area contributed by atoms with Crippen molar-refractivity contribution in [3.8, 4) is 0 Å². The molecule has 2 fully saturated rings. The maximum atomic E-state index is 12.6. The molecule has 5 nitrogen and oxygen atoms in total. The predicted molar refractivity (Wildman–Crippen MR) is 77.7 cm³/mol. The van der Waals surface area contributed by atoms with Crippen LogP contribution in [0.2, 0.25) is 5.02 Å². The summed E-state index contributed by atoms with van der Waals surface area (Å²) < 4.78 is 32.0. The van der Waals surface area contributed by atoms with Crippen LogP contribution < -0.4 is 0 Å². The van der Waals surface area contributed by atoms with E-state index in [9.17, 15) is 13.2 Å². The number of halogens is 1. The number of morpholine rings is 1. The van der Waals surface area contributed by atoms with E-state index in [0.717, 1.165) is 12.8 Å². The third-order valence-electron chi connectivity index (χ3n) is 3.78. The summed E-state index contributed by atoms with van der Waals surface area (Å²) in [5.74, 6) is 0.0759. The van der Waals surface area contributed by atoms with Crippen LogP contribution >= 0.6 is 11.6 Å². The first-order valence-corrected chi connectivity index (χ1v) is 8.72. The Labute approximate surface area is 128 Å². The molecule has 1 atom stereocenters. The second-order valence-corrected chi connectivity index (χ2v) is 7.64. The molecule has 3 rings (SSSR count). The summed E-state index contributed by atoms with van der Waals surface area (Å²) in [5.41, 5.74) is 0. The average Bonchev–Trinajstić information content (AvgIpc) is 3.31. The molecule has 1 unspecified atom stereocenters. The number of ether oxygens (including phenoxy) is 1. The van der Waals surface area contributed by atoms with Crippen LogP contribution in [0.4, 0.5) is 0 Å². The topological polar surface area (TPSA) is 63.7 Å². The summed E-state index contributed by atoms with van der Waals surface area (Å²) >= 11 is 5.98. The number of ketones is 1. The minimum atomic E-state index is -3.70. The molecular weight excluding hydrogens is 314 g/mol. The Balaban J connectivity index is 1.82. The Morgan fingerprint density at radius 2 is 2.00 bits per heavy atom. The molecule has 0 bridgehead atoms. The molecule has 114 valence electrons. The first kappa shape index (κ1) is 15.0. The fraction of sp³-hybridized carbons (Fsp3) is 0.500. The molecule has 0 radical (unpaired) electrons. The minimum absolute atomic E-state index is 0.0223.